The van der Waals surface area contributed by atoms with Crippen molar-refractivity contribution in [3.8, 4) is 5.75 Å². The van der Waals surface area contributed by atoms with Gasteiger partial charge in [0.25, 0.3) is 0 Å². The summed E-state index contributed by atoms with van der Waals surface area (Å²) >= 11 is 0. The van der Waals surface area contributed by atoms with E-state index in [0.29, 0.717) is 5.75 Å². The van der Waals surface area contributed by atoms with E-state index < -0.39 is 0 Å². The fraction of sp³-hybridized carbons (Fsp3) is 0.294. The van der Waals surface area contributed by atoms with E-state index in [0.717, 1.165) is 25.1 Å². The number of phenolic OH excluding ortho intramolecular Hbond substituents is 1. The Labute approximate surface area is 114 Å². The zero-order valence-electron chi connectivity index (χ0n) is 11.2. The number of fused-ring (bicyclic) bond motifs is 1. The minimum Gasteiger partial charge on any atom is -0.508 e. The van der Waals surface area contributed by atoms with Crippen molar-refractivity contribution < 1.29 is 5.11 Å². The SMILES string of the molecule is CC(c1ccccc1O)N1CCc2ccccc2C1. The minimum absolute atomic E-state index is 0.245. The van der Waals surface area contributed by atoms with Crippen LogP contribution >= 0.6 is 0 Å². The van der Waals surface area contributed by atoms with Gasteiger partial charge >= 0.3 is 0 Å². The predicted molar refractivity (Wildman–Crippen MR) is 77.1 cm³/mol. The Morgan fingerprint density at radius 3 is 2.47 bits per heavy atom. The fourth-order valence-corrected chi connectivity index (χ4v) is 2.89. The molecule has 3 rings (SSSR count). The van der Waals surface area contributed by atoms with E-state index in [4.69, 9.17) is 0 Å². The number of rotatable bonds is 2. The van der Waals surface area contributed by atoms with E-state index in [2.05, 4.69) is 36.1 Å². The summed E-state index contributed by atoms with van der Waals surface area (Å²) in [6.07, 6.45) is 1.09. The molecule has 1 N–H and O–H groups in total. The maximum Gasteiger partial charge on any atom is 0.120 e. The van der Waals surface area contributed by atoms with E-state index in [1.807, 2.05) is 18.2 Å². The van der Waals surface area contributed by atoms with Crippen LogP contribution in [0.4, 0.5) is 0 Å². The highest BCUT2D eigenvalue weighted by atomic mass is 16.3. The van der Waals surface area contributed by atoms with Gasteiger partial charge in [-0.05, 0) is 30.5 Å². The van der Waals surface area contributed by atoms with Gasteiger partial charge in [-0.1, -0.05) is 42.5 Å². The summed E-state index contributed by atoms with van der Waals surface area (Å²) in [5.41, 5.74) is 3.89. The first-order valence-corrected chi connectivity index (χ1v) is 6.84. The number of phenols is 1. The number of para-hydroxylation sites is 1. The first-order chi connectivity index (χ1) is 9.25. The van der Waals surface area contributed by atoms with E-state index in [9.17, 15) is 5.11 Å². The average Bonchev–Trinajstić information content (AvgIpc) is 2.46. The molecule has 0 spiro atoms. The molecule has 0 fully saturated rings. The van der Waals surface area contributed by atoms with Crippen molar-refractivity contribution in [1.82, 2.24) is 4.90 Å². The number of benzene rings is 2. The van der Waals surface area contributed by atoms with Gasteiger partial charge in [-0.25, -0.2) is 0 Å². The van der Waals surface area contributed by atoms with E-state index in [1.54, 1.807) is 6.07 Å². The molecule has 0 amide bonds. The number of hydrogen-bond donors (Lipinski definition) is 1. The van der Waals surface area contributed by atoms with Crippen LogP contribution in [0.15, 0.2) is 48.5 Å². The third kappa shape index (κ3) is 2.36. The summed E-state index contributed by atoms with van der Waals surface area (Å²) in [5.74, 6) is 0.397. The second kappa shape index (κ2) is 5.06. The zero-order valence-corrected chi connectivity index (χ0v) is 11.2. The Bertz CT molecular complexity index is 579. The normalized spacial score (nSPS) is 16.9. The fourth-order valence-electron chi connectivity index (χ4n) is 2.89. The Hall–Kier alpha value is -1.80. The van der Waals surface area contributed by atoms with Crippen LogP contribution in [0.5, 0.6) is 5.75 Å². The van der Waals surface area contributed by atoms with E-state index in [-0.39, 0.29) is 6.04 Å². The van der Waals surface area contributed by atoms with Gasteiger partial charge in [0.15, 0.2) is 0 Å². The third-order valence-electron chi connectivity index (χ3n) is 4.09. The first kappa shape index (κ1) is 12.2. The predicted octanol–water partition coefficient (Wildman–Crippen LogP) is 3.51. The molecule has 0 aliphatic carbocycles. The topological polar surface area (TPSA) is 23.5 Å². The molecule has 19 heavy (non-hydrogen) atoms. The van der Waals surface area contributed by atoms with Gasteiger partial charge in [-0.2, -0.15) is 0 Å². The van der Waals surface area contributed by atoms with Crippen LogP contribution in [0.3, 0.4) is 0 Å². The minimum atomic E-state index is 0.245. The second-order valence-electron chi connectivity index (χ2n) is 5.22. The Balaban J connectivity index is 1.83. The van der Waals surface area contributed by atoms with Crippen LogP contribution in [-0.4, -0.2) is 16.6 Å². The first-order valence-electron chi connectivity index (χ1n) is 6.84. The molecule has 0 saturated carbocycles. The van der Waals surface area contributed by atoms with Crippen LogP contribution in [-0.2, 0) is 13.0 Å². The molecule has 0 bridgehead atoms. The summed E-state index contributed by atoms with van der Waals surface area (Å²) in [6, 6.07) is 16.5. The standard InChI is InChI=1S/C17H19NO/c1-13(16-8-4-5-9-17(16)19)18-11-10-14-6-2-3-7-15(14)12-18/h2-9,13,19H,10-12H2,1H3. The average molecular weight is 253 g/mol. The maximum atomic E-state index is 9.98. The third-order valence-corrected chi connectivity index (χ3v) is 4.09. The summed E-state index contributed by atoms with van der Waals surface area (Å²) in [5, 5.41) is 9.98. The monoisotopic (exact) mass is 253 g/mol. The van der Waals surface area contributed by atoms with Crippen molar-refractivity contribution in [3.05, 3.63) is 65.2 Å². The molecular weight excluding hydrogens is 234 g/mol. The molecule has 0 saturated heterocycles. The van der Waals surface area contributed by atoms with Crippen molar-refractivity contribution >= 4 is 0 Å². The molecule has 2 aromatic rings. The Kier molecular flexibility index (Phi) is 3.26. The molecule has 1 aliphatic heterocycles. The van der Waals surface area contributed by atoms with Crippen molar-refractivity contribution in [2.75, 3.05) is 6.54 Å². The summed E-state index contributed by atoms with van der Waals surface area (Å²) < 4.78 is 0. The quantitative estimate of drug-likeness (QED) is 0.885. The van der Waals surface area contributed by atoms with Gasteiger partial charge in [0.1, 0.15) is 5.75 Å². The van der Waals surface area contributed by atoms with Crippen LogP contribution in [0.25, 0.3) is 0 Å². The Morgan fingerprint density at radius 2 is 1.68 bits per heavy atom. The van der Waals surface area contributed by atoms with Crippen molar-refractivity contribution in [3.63, 3.8) is 0 Å². The van der Waals surface area contributed by atoms with Gasteiger partial charge in [0, 0.05) is 24.7 Å². The van der Waals surface area contributed by atoms with Crippen LogP contribution in [0.2, 0.25) is 0 Å². The van der Waals surface area contributed by atoms with Crippen molar-refractivity contribution in [1.29, 1.82) is 0 Å². The van der Waals surface area contributed by atoms with Gasteiger partial charge < -0.3 is 5.11 Å². The molecular formula is C17H19NO. The number of hydrogen-bond acceptors (Lipinski definition) is 2. The van der Waals surface area contributed by atoms with Crippen LogP contribution in [0.1, 0.15) is 29.7 Å². The molecule has 2 aromatic carbocycles. The summed E-state index contributed by atoms with van der Waals surface area (Å²) in [6.45, 7) is 4.18. The highest BCUT2D eigenvalue weighted by molar-refractivity contribution is 5.35. The second-order valence-corrected chi connectivity index (χ2v) is 5.22. The lowest BCUT2D eigenvalue weighted by molar-refractivity contribution is 0.189. The molecule has 1 atom stereocenters. The van der Waals surface area contributed by atoms with Crippen molar-refractivity contribution in [2.24, 2.45) is 0 Å². The lowest BCUT2D eigenvalue weighted by atomic mass is 9.97. The van der Waals surface area contributed by atoms with Gasteiger partial charge in [-0.15, -0.1) is 0 Å². The maximum absolute atomic E-state index is 9.98. The molecule has 1 heterocycles. The van der Waals surface area contributed by atoms with Crippen LogP contribution in [0, 0.1) is 0 Å². The molecule has 1 unspecified atom stereocenters. The smallest absolute Gasteiger partial charge is 0.120 e. The highest BCUT2D eigenvalue weighted by Gasteiger charge is 2.22. The zero-order chi connectivity index (χ0) is 13.2. The summed E-state index contributed by atoms with van der Waals surface area (Å²) in [4.78, 5) is 2.43. The molecule has 0 radical (unpaired) electrons. The van der Waals surface area contributed by atoms with Gasteiger partial charge in [-0.3, -0.25) is 4.90 Å². The highest BCUT2D eigenvalue weighted by Crippen LogP contribution is 2.31. The lowest BCUT2D eigenvalue weighted by Gasteiger charge is -2.34. The number of aromatic hydroxyl groups is 1. The molecule has 1 aliphatic rings. The number of nitrogens with zero attached hydrogens (tertiary/aromatic N) is 1. The molecule has 98 valence electrons. The van der Waals surface area contributed by atoms with E-state index >= 15 is 0 Å². The molecule has 0 aromatic heterocycles. The molecule has 2 nitrogen and oxygen atoms in total. The van der Waals surface area contributed by atoms with Gasteiger partial charge in [0.2, 0.25) is 0 Å². The van der Waals surface area contributed by atoms with Crippen molar-refractivity contribution in [2.45, 2.75) is 25.9 Å². The Morgan fingerprint density at radius 1 is 1.00 bits per heavy atom. The van der Waals surface area contributed by atoms with Crippen LogP contribution < -0.4 is 0 Å². The lowest BCUT2D eigenvalue weighted by Crippen LogP contribution is -2.32. The summed E-state index contributed by atoms with van der Waals surface area (Å²) in [7, 11) is 0. The van der Waals surface area contributed by atoms with Gasteiger partial charge in [0.05, 0.1) is 0 Å². The van der Waals surface area contributed by atoms with E-state index in [1.165, 1.54) is 11.1 Å². The molecule has 2 heteroatoms. The largest absolute Gasteiger partial charge is 0.508 e.